The molecule has 0 fully saturated rings. The van der Waals surface area contributed by atoms with Gasteiger partial charge in [0, 0.05) is 6.04 Å². The van der Waals surface area contributed by atoms with Crippen molar-refractivity contribution in [1.82, 2.24) is 4.90 Å². The van der Waals surface area contributed by atoms with Crippen LogP contribution in [0.4, 0.5) is 0 Å². The second kappa shape index (κ2) is 5.35. The SMILES string of the molecule is CC(C)C(C)N(C)C(C(=O)O)C(C)C. The minimum atomic E-state index is -0.727. The number of nitrogens with zero attached hydrogens (tertiary/aromatic N) is 1. The van der Waals surface area contributed by atoms with Gasteiger partial charge in [-0.1, -0.05) is 27.7 Å². The Labute approximate surface area is 87.1 Å². The van der Waals surface area contributed by atoms with E-state index in [1.807, 2.05) is 25.8 Å². The predicted octanol–water partition coefficient (Wildman–Crippen LogP) is 2.07. The lowest BCUT2D eigenvalue weighted by Gasteiger charge is -2.34. The van der Waals surface area contributed by atoms with Gasteiger partial charge in [-0.05, 0) is 25.8 Å². The van der Waals surface area contributed by atoms with Gasteiger partial charge in [-0.15, -0.1) is 0 Å². The number of carboxylic acids is 1. The molecule has 14 heavy (non-hydrogen) atoms. The van der Waals surface area contributed by atoms with Crippen molar-refractivity contribution in [1.29, 1.82) is 0 Å². The number of likely N-dealkylation sites (N-methyl/N-ethyl adjacent to an activating group) is 1. The number of carboxylic acid groups (broad SMARTS) is 1. The van der Waals surface area contributed by atoms with E-state index in [1.165, 1.54) is 0 Å². The molecule has 0 rings (SSSR count). The Morgan fingerprint density at radius 1 is 1.07 bits per heavy atom. The van der Waals surface area contributed by atoms with Crippen LogP contribution in [0.2, 0.25) is 0 Å². The lowest BCUT2D eigenvalue weighted by Crippen LogP contribution is -2.48. The van der Waals surface area contributed by atoms with Crippen molar-refractivity contribution in [3.8, 4) is 0 Å². The zero-order valence-electron chi connectivity index (χ0n) is 10.1. The molecular weight excluding hydrogens is 178 g/mol. The molecule has 1 N–H and O–H groups in total. The molecule has 2 atom stereocenters. The smallest absolute Gasteiger partial charge is 0.321 e. The van der Waals surface area contributed by atoms with Gasteiger partial charge in [0.25, 0.3) is 0 Å². The van der Waals surface area contributed by atoms with Crippen LogP contribution in [-0.2, 0) is 4.79 Å². The Morgan fingerprint density at radius 2 is 1.50 bits per heavy atom. The zero-order valence-corrected chi connectivity index (χ0v) is 10.1. The number of hydrogen-bond acceptors (Lipinski definition) is 2. The average molecular weight is 201 g/mol. The first-order valence-electron chi connectivity index (χ1n) is 5.23. The molecule has 0 aliphatic rings. The zero-order chi connectivity index (χ0) is 11.5. The van der Waals surface area contributed by atoms with Crippen molar-refractivity contribution in [2.24, 2.45) is 11.8 Å². The van der Waals surface area contributed by atoms with E-state index in [9.17, 15) is 4.79 Å². The fraction of sp³-hybridized carbons (Fsp3) is 0.909. The highest BCUT2D eigenvalue weighted by molar-refractivity contribution is 5.73. The molecule has 0 aromatic rings. The van der Waals surface area contributed by atoms with Crippen molar-refractivity contribution in [2.75, 3.05) is 7.05 Å². The van der Waals surface area contributed by atoms with Crippen LogP contribution in [0.5, 0.6) is 0 Å². The Bertz CT molecular complexity index is 190. The van der Waals surface area contributed by atoms with E-state index >= 15 is 0 Å². The molecule has 0 spiro atoms. The van der Waals surface area contributed by atoms with Gasteiger partial charge in [0.1, 0.15) is 6.04 Å². The van der Waals surface area contributed by atoms with Crippen LogP contribution in [-0.4, -0.2) is 35.1 Å². The van der Waals surface area contributed by atoms with Gasteiger partial charge in [-0.3, -0.25) is 9.69 Å². The number of hydrogen-bond donors (Lipinski definition) is 1. The van der Waals surface area contributed by atoms with Gasteiger partial charge >= 0.3 is 5.97 Å². The first-order chi connectivity index (χ1) is 6.29. The van der Waals surface area contributed by atoms with Crippen molar-refractivity contribution >= 4 is 5.97 Å². The van der Waals surface area contributed by atoms with Crippen molar-refractivity contribution in [3.63, 3.8) is 0 Å². The summed E-state index contributed by atoms with van der Waals surface area (Å²) in [6, 6.07) is -0.0918. The average Bonchev–Trinajstić information content (AvgIpc) is 2.01. The molecule has 0 saturated heterocycles. The predicted molar refractivity (Wildman–Crippen MR) is 58.3 cm³/mol. The van der Waals surface area contributed by atoms with E-state index in [2.05, 4.69) is 20.8 Å². The topological polar surface area (TPSA) is 40.5 Å². The van der Waals surface area contributed by atoms with Crippen LogP contribution in [0.15, 0.2) is 0 Å². The second-order valence-corrected chi connectivity index (χ2v) is 4.68. The maximum atomic E-state index is 11.1. The van der Waals surface area contributed by atoms with Crippen molar-refractivity contribution in [3.05, 3.63) is 0 Å². The Kier molecular flexibility index (Phi) is 5.13. The Hall–Kier alpha value is -0.570. The van der Waals surface area contributed by atoms with Crippen molar-refractivity contribution < 1.29 is 9.90 Å². The van der Waals surface area contributed by atoms with E-state index in [1.54, 1.807) is 0 Å². The summed E-state index contributed by atoms with van der Waals surface area (Å²) in [7, 11) is 1.89. The largest absolute Gasteiger partial charge is 0.480 e. The van der Waals surface area contributed by atoms with E-state index < -0.39 is 5.97 Å². The van der Waals surface area contributed by atoms with Gasteiger partial charge in [-0.2, -0.15) is 0 Å². The summed E-state index contributed by atoms with van der Waals surface area (Å²) in [6.45, 7) is 10.2. The minimum Gasteiger partial charge on any atom is -0.480 e. The van der Waals surface area contributed by atoms with Crippen LogP contribution in [0, 0.1) is 11.8 Å². The lowest BCUT2D eigenvalue weighted by molar-refractivity contribution is -0.145. The quantitative estimate of drug-likeness (QED) is 0.740. The molecule has 0 radical (unpaired) electrons. The highest BCUT2D eigenvalue weighted by atomic mass is 16.4. The summed E-state index contributed by atoms with van der Waals surface area (Å²) < 4.78 is 0. The number of carbonyl (C=O) groups is 1. The normalized spacial score (nSPS) is 16.4. The van der Waals surface area contributed by atoms with Crippen LogP contribution in [0.3, 0.4) is 0 Å². The second-order valence-electron chi connectivity index (χ2n) is 4.68. The minimum absolute atomic E-state index is 0.138. The fourth-order valence-corrected chi connectivity index (χ4v) is 1.65. The van der Waals surface area contributed by atoms with Crippen molar-refractivity contribution in [2.45, 2.75) is 46.7 Å². The summed E-state index contributed by atoms with van der Waals surface area (Å²) in [5, 5.41) is 9.10. The molecular formula is C11H23NO2. The Balaban J connectivity index is 4.59. The molecule has 0 saturated carbocycles. The van der Waals surface area contributed by atoms with Gasteiger partial charge in [0.05, 0.1) is 0 Å². The van der Waals surface area contributed by atoms with Crippen LogP contribution < -0.4 is 0 Å². The molecule has 3 heteroatoms. The van der Waals surface area contributed by atoms with Gasteiger partial charge in [0.15, 0.2) is 0 Å². The molecule has 0 aliphatic carbocycles. The molecule has 0 aliphatic heterocycles. The Morgan fingerprint density at radius 3 is 1.71 bits per heavy atom. The third-order valence-electron chi connectivity index (χ3n) is 2.93. The molecule has 2 unspecified atom stereocenters. The molecule has 0 aromatic carbocycles. The van der Waals surface area contributed by atoms with Crippen LogP contribution in [0.25, 0.3) is 0 Å². The van der Waals surface area contributed by atoms with E-state index in [0.717, 1.165) is 0 Å². The van der Waals surface area contributed by atoms with Gasteiger partial charge in [-0.25, -0.2) is 0 Å². The third-order valence-corrected chi connectivity index (χ3v) is 2.93. The summed E-state index contributed by atoms with van der Waals surface area (Å²) in [5.74, 6) is -0.116. The first kappa shape index (κ1) is 13.4. The standard InChI is InChI=1S/C11H23NO2/c1-7(2)9(5)12(6)10(8(3)4)11(13)14/h7-10H,1-6H3,(H,13,14). The number of aliphatic carboxylic acids is 1. The highest BCUT2D eigenvalue weighted by Gasteiger charge is 2.29. The third kappa shape index (κ3) is 3.29. The summed E-state index contributed by atoms with van der Waals surface area (Å²) in [5.41, 5.74) is 0. The highest BCUT2D eigenvalue weighted by Crippen LogP contribution is 2.16. The fourth-order valence-electron chi connectivity index (χ4n) is 1.65. The van der Waals surface area contributed by atoms with E-state index in [4.69, 9.17) is 5.11 Å². The lowest BCUT2D eigenvalue weighted by atomic mass is 9.97. The van der Waals surface area contributed by atoms with Crippen LogP contribution in [0.1, 0.15) is 34.6 Å². The van der Waals surface area contributed by atoms with E-state index in [-0.39, 0.29) is 12.0 Å². The maximum absolute atomic E-state index is 11.1. The molecule has 84 valence electrons. The van der Waals surface area contributed by atoms with Gasteiger partial charge in [0.2, 0.25) is 0 Å². The molecule has 3 nitrogen and oxygen atoms in total. The number of rotatable bonds is 5. The maximum Gasteiger partial charge on any atom is 0.321 e. The van der Waals surface area contributed by atoms with E-state index in [0.29, 0.717) is 12.0 Å². The molecule has 0 heterocycles. The summed E-state index contributed by atoms with van der Waals surface area (Å²) >= 11 is 0. The molecule has 0 aromatic heterocycles. The summed E-state index contributed by atoms with van der Waals surface area (Å²) in [4.78, 5) is 13.0. The van der Waals surface area contributed by atoms with Gasteiger partial charge < -0.3 is 5.11 Å². The first-order valence-corrected chi connectivity index (χ1v) is 5.23. The molecule has 0 bridgehead atoms. The summed E-state index contributed by atoms with van der Waals surface area (Å²) in [6.07, 6.45) is 0. The molecule has 0 amide bonds. The monoisotopic (exact) mass is 201 g/mol. The van der Waals surface area contributed by atoms with Crippen LogP contribution >= 0.6 is 0 Å².